The van der Waals surface area contributed by atoms with Crippen LogP contribution in [-0.2, 0) is 9.84 Å². The number of sulfone groups is 1. The molecule has 0 spiro atoms. The lowest BCUT2D eigenvalue weighted by molar-refractivity contribution is -0.384. The van der Waals surface area contributed by atoms with E-state index in [1.54, 1.807) is 0 Å². The van der Waals surface area contributed by atoms with Crippen molar-refractivity contribution in [2.45, 2.75) is 17.7 Å². The number of halogens is 1. The van der Waals surface area contributed by atoms with Crippen LogP contribution >= 0.6 is 11.6 Å². The monoisotopic (exact) mass is 293 g/mol. The lowest BCUT2D eigenvalue weighted by Crippen LogP contribution is -2.24. The van der Waals surface area contributed by atoms with Crippen molar-refractivity contribution in [1.29, 1.82) is 0 Å². The molecule has 6 nitrogen and oxygen atoms in total. The largest absolute Gasteiger partial charge is 0.386 e. The fourth-order valence-corrected chi connectivity index (χ4v) is 2.69. The molecule has 18 heavy (non-hydrogen) atoms. The molecule has 0 aliphatic heterocycles. The summed E-state index contributed by atoms with van der Waals surface area (Å²) in [6, 6.07) is 4.92. The third-order valence-electron chi connectivity index (χ3n) is 2.44. The molecule has 0 aromatic heterocycles. The minimum Gasteiger partial charge on any atom is -0.386 e. The van der Waals surface area contributed by atoms with Gasteiger partial charge in [0, 0.05) is 17.9 Å². The molecule has 0 saturated carbocycles. The highest BCUT2D eigenvalue weighted by Gasteiger charge is 2.30. The minimum atomic E-state index is -3.59. The maximum Gasteiger partial charge on any atom is 0.269 e. The molecule has 1 N–H and O–H groups in total. The van der Waals surface area contributed by atoms with E-state index < -0.39 is 25.6 Å². The van der Waals surface area contributed by atoms with Gasteiger partial charge < -0.3 is 5.11 Å². The molecule has 0 aliphatic carbocycles. The Morgan fingerprint density at radius 1 is 1.39 bits per heavy atom. The average molecular weight is 294 g/mol. The molecule has 0 bridgehead atoms. The first kappa shape index (κ1) is 14.9. The predicted molar refractivity (Wildman–Crippen MR) is 67.2 cm³/mol. The second-order valence-corrected chi connectivity index (χ2v) is 6.74. The fraction of sp³-hybridized carbons (Fsp3) is 0.400. The molecule has 8 heteroatoms. The Balaban J connectivity index is 2.98. The summed E-state index contributed by atoms with van der Waals surface area (Å²) >= 11 is 5.69. The number of nitro groups is 1. The Bertz CT molecular complexity index is 528. The summed E-state index contributed by atoms with van der Waals surface area (Å²) in [7, 11) is -3.59. The van der Waals surface area contributed by atoms with Gasteiger partial charge in [0.05, 0.1) is 4.92 Å². The smallest absolute Gasteiger partial charge is 0.269 e. The zero-order chi connectivity index (χ0) is 13.9. The number of alkyl halides is 1. The van der Waals surface area contributed by atoms with Crippen molar-refractivity contribution < 1.29 is 18.4 Å². The van der Waals surface area contributed by atoms with Crippen molar-refractivity contribution in [2.75, 3.05) is 5.75 Å². The Morgan fingerprint density at radius 3 is 2.28 bits per heavy atom. The van der Waals surface area contributed by atoms with Crippen molar-refractivity contribution in [2.24, 2.45) is 0 Å². The summed E-state index contributed by atoms with van der Waals surface area (Å²) in [5.41, 5.74) is 0.0769. The highest BCUT2D eigenvalue weighted by atomic mass is 35.5. The van der Waals surface area contributed by atoms with Gasteiger partial charge in [-0.2, -0.15) is 0 Å². The molecule has 2 atom stereocenters. The maximum absolute atomic E-state index is 11.5. The van der Waals surface area contributed by atoms with Crippen LogP contribution in [-0.4, -0.2) is 28.9 Å². The second kappa shape index (κ2) is 5.64. The minimum absolute atomic E-state index is 0.143. The maximum atomic E-state index is 11.5. The summed E-state index contributed by atoms with van der Waals surface area (Å²) in [6.45, 7) is 1.42. The molecule has 0 fully saturated rings. The molecule has 0 radical (unpaired) electrons. The van der Waals surface area contributed by atoms with Crippen LogP contribution < -0.4 is 0 Å². The Morgan fingerprint density at radius 2 is 1.89 bits per heavy atom. The van der Waals surface area contributed by atoms with Gasteiger partial charge in [-0.3, -0.25) is 10.1 Å². The van der Waals surface area contributed by atoms with Crippen LogP contribution in [0.3, 0.4) is 0 Å². The Hall–Kier alpha value is -1.18. The summed E-state index contributed by atoms with van der Waals surface area (Å²) in [6.07, 6.45) is -1.42. The van der Waals surface area contributed by atoms with E-state index in [2.05, 4.69) is 0 Å². The molecular formula is C10H12ClNO5S. The van der Waals surface area contributed by atoms with Crippen LogP contribution in [0.4, 0.5) is 5.69 Å². The van der Waals surface area contributed by atoms with Crippen molar-refractivity contribution in [3.8, 4) is 0 Å². The lowest BCUT2D eigenvalue weighted by Gasteiger charge is -2.16. The summed E-state index contributed by atoms with van der Waals surface area (Å²) < 4.78 is 21.5. The predicted octanol–water partition coefficient (Wildman–Crippen LogP) is 1.63. The lowest BCUT2D eigenvalue weighted by atomic mass is 10.1. The Kier molecular flexibility index (Phi) is 4.66. The first-order valence-electron chi connectivity index (χ1n) is 5.07. The zero-order valence-corrected chi connectivity index (χ0v) is 11.1. The summed E-state index contributed by atoms with van der Waals surface area (Å²) in [5, 5.41) is 20.2. The van der Waals surface area contributed by atoms with Gasteiger partial charge in [0.1, 0.15) is 6.10 Å². The number of nitrogens with zero attached hydrogens (tertiary/aromatic N) is 1. The van der Waals surface area contributed by atoms with Gasteiger partial charge in [-0.15, -0.1) is 11.6 Å². The van der Waals surface area contributed by atoms with E-state index in [9.17, 15) is 23.6 Å². The van der Waals surface area contributed by atoms with E-state index >= 15 is 0 Å². The average Bonchev–Trinajstić information content (AvgIpc) is 2.37. The summed E-state index contributed by atoms with van der Waals surface area (Å²) in [4.78, 5) is 9.86. The first-order valence-corrected chi connectivity index (χ1v) is 7.23. The molecule has 0 aliphatic rings. The van der Waals surface area contributed by atoms with E-state index in [0.717, 1.165) is 0 Å². The van der Waals surface area contributed by atoms with Gasteiger partial charge in [-0.05, 0) is 17.7 Å². The van der Waals surface area contributed by atoms with Gasteiger partial charge in [0.25, 0.3) is 5.69 Å². The van der Waals surface area contributed by atoms with Crippen molar-refractivity contribution >= 4 is 27.1 Å². The molecule has 0 amide bonds. The quantitative estimate of drug-likeness (QED) is 0.505. The highest BCUT2D eigenvalue weighted by Crippen LogP contribution is 2.27. The standard InChI is InChI=1S/C10H12ClNO5S/c1-2-18(16,17)10(11)9(13)7-3-5-8(6-4-7)12(14)15/h3-6,9-10,13H,2H2,1H3/t9-,10+/m1/s1. The van der Waals surface area contributed by atoms with E-state index in [-0.39, 0.29) is 17.0 Å². The third kappa shape index (κ3) is 3.18. The van der Waals surface area contributed by atoms with Gasteiger partial charge in [-0.25, -0.2) is 8.42 Å². The zero-order valence-electron chi connectivity index (χ0n) is 9.48. The van der Waals surface area contributed by atoms with E-state index in [4.69, 9.17) is 11.6 Å². The van der Waals surface area contributed by atoms with Gasteiger partial charge in [0.2, 0.25) is 0 Å². The SMILES string of the molecule is CCS(=O)(=O)[C@H](Cl)[C@H](O)c1ccc([N+](=O)[O-])cc1. The van der Waals surface area contributed by atoms with Gasteiger partial charge in [0.15, 0.2) is 14.5 Å². The normalized spacial score (nSPS) is 15.1. The number of aliphatic hydroxyl groups is 1. The number of nitro benzene ring substituents is 1. The number of non-ortho nitro benzene ring substituents is 1. The van der Waals surface area contributed by atoms with E-state index in [1.807, 2.05) is 0 Å². The third-order valence-corrected chi connectivity index (χ3v) is 5.24. The number of rotatable bonds is 5. The molecule has 100 valence electrons. The van der Waals surface area contributed by atoms with Crippen LogP contribution in [0.1, 0.15) is 18.6 Å². The summed E-state index contributed by atoms with van der Waals surface area (Å²) in [5.74, 6) is -0.189. The van der Waals surface area contributed by atoms with Crippen LogP contribution in [0.2, 0.25) is 0 Å². The molecule has 0 unspecified atom stereocenters. The van der Waals surface area contributed by atoms with Gasteiger partial charge in [-0.1, -0.05) is 6.92 Å². The van der Waals surface area contributed by atoms with Crippen LogP contribution in [0, 0.1) is 10.1 Å². The molecule has 1 aromatic carbocycles. The van der Waals surface area contributed by atoms with Crippen LogP contribution in [0.5, 0.6) is 0 Å². The van der Waals surface area contributed by atoms with Crippen molar-refractivity contribution in [1.82, 2.24) is 0 Å². The molecular weight excluding hydrogens is 282 g/mol. The molecule has 1 rings (SSSR count). The topological polar surface area (TPSA) is 97.5 Å². The molecule has 0 heterocycles. The Labute approximate surface area is 109 Å². The first-order chi connectivity index (χ1) is 8.29. The number of hydrogen-bond donors (Lipinski definition) is 1. The van der Waals surface area contributed by atoms with Gasteiger partial charge >= 0.3 is 0 Å². The fourth-order valence-electron chi connectivity index (χ4n) is 1.30. The molecule has 1 aromatic rings. The number of hydrogen-bond acceptors (Lipinski definition) is 5. The van der Waals surface area contributed by atoms with Crippen LogP contribution in [0.15, 0.2) is 24.3 Å². The van der Waals surface area contributed by atoms with E-state index in [1.165, 1.54) is 31.2 Å². The molecule has 0 saturated heterocycles. The number of aliphatic hydroxyl groups excluding tert-OH is 1. The van der Waals surface area contributed by atoms with Crippen molar-refractivity contribution in [3.63, 3.8) is 0 Å². The highest BCUT2D eigenvalue weighted by molar-refractivity contribution is 7.93. The van der Waals surface area contributed by atoms with Crippen molar-refractivity contribution in [3.05, 3.63) is 39.9 Å². The second-order valence-electron chi connectivity index (χ2n) is 3.60. The van der Waals surface area contributed by atoms with Crippen LogP contribution in [0.25, 0.3) is 0 Å². The number of benzene rings is 1. The van der Waals surface area contributed by atoms with E-state index in [0.29, 0.717) is 0 Å².